The minimum absolute atomic E-state index is 0.0252. The predicted molar refractivity (Wildman–Crippen MR) is 149 cm³/mol. The van der Waals surface area contributed by atoms with E-state index in [1.54, 1.807) is 11.5 Å². The molecule has 0 amide bonds. The molecule has 7 heterocycles. The van der Waals surface area contributed by atoms with Gasteiger partial charge in [0.25, 0.3) is 5.56 Å². The molecule has 3 saturated heterocycles. The number of phosphoric acid groups is 1. The third-order valence-corrected chi connectivity index (χ3v) is 9.92. The number of fused-ring (bicyclic) bond motifs is 5. The van der Waals surface area contributed by atoms with Crippen LogP contribution in [0.4, 0.5) is 11.8 Å². The Hall–Kier alpha value is -3.32. The molecule has 0 aliphatic carbocycles. The zero-order chi connectivity index (χ0) is 31.0. The van der Waals surface area contributed by atoms with Crippen molar-refractivity contribution >= 4 is 49.5 Å². The number of nitrogens with one attached hydrogen (secondary N) is 1. The summed E-state index contributed by atoms with van der Waals surface area (Å²) in [5, 5.41) is 0. The molecule has 236 valence electrons. The number of rotatable bonds is 2. The molecule has 0 aromatic carbocycles. The number of aromatic amines is 1. The van der Waals surface area contributed by atoms with Gasteiger partial charge >= 0.3 is 15.4 Å². The average Bonchev–Trinajstić information content (AvgIpc) is 3.72. The lowest BCUT2D eigenvalue weighted by atomic mass is 10.0. The summed E-state index contributed by atoms with van der Waals surface area (Å²) >= 11 is 0. The molecule has 4 aromatic rings. The second-order valence-electron chi connectivity index (χ2n) is 10.7. The van der Waals surface area contributed by atoms with Crippen molar-refractivity contribution in [2.24, 2.45) is 5.92 Å². The van der Waals surface area contributed by atoms with Crippen molar-refractivity contribution < 1.29 is 41.6 Å². The van der Waals surface area contributed by atoms with Crippen LogP contribution in [0.2, 0.25) is 0 Å². The molecule has 20 nitrogen and oxygen atoms in total. The molecule has 44 heavy (non-hydrogen) atoms. The Labute approximate surface area is 247 Å². The minimum atomic E-state index is -4.77. The number of nitrogen functional groups attached to an aromatic ring is 2. The van der Waals surface area contributed by atoms with E-state index in [9.17, 15) is 18.8 Å². The van der Waals surface area contributed by atoms with Gasteiger partial charge in [0.05, 0.1) is 32.0 Å². The van der Waals surface area contributed by atoms with E-state index in [2.05, 4.69) is 29.9 Å². The summed E-state index contributed by atoms with van der Waals surface area (Å²) < 4.78 is 64.8. The maximum Gasteiger partial charge on any atom is 0.472 e. The smallest absolute Gasteiger partial charge is 0.382 e. The Morgan fingerprint density at radius 3 is 2.50 bits per heavy atom. The topological polar surface area (TPSA) is 269 Å². The van der Waals surface area contributed by atoms with Crippen molar-refractivity contribution in [2.45, 2.75) is 50.2 Å². The molecule has 0 saturated carbocycles. The summed E-state index contributed by atoms with van der Waals surface area (Å²) in [6.45, 7) is 2.40. The summed E-state index contributed by atoms with van der Waals surface area (Å²) in [6, 6.07) is 0. The molecule has 0 spiro atoms. The zero-order valence-electron chi connectivity index (χ0n) is 23.2. The molecule has 0 radical (unpaired) electrons. The van der Waals surface area contributed by atoms with Gasteiger partial charge in [0.15, 0.2) is 28.9 Å². The highest BCUT2D eigenvalue weighted by Gasteiger charge is 2.50. The van der Waals surface area contributed by atoms with E-state index in [1.807, 2.05) is 0 Å². The highest BCUT2D eigenvalue weighted by atomic mass is 31.2. The van der Waals surface area contributed by atoms with Crippen LogP contribution in [-0.2, 0) is 36.7 Å². The lowest BCUT2D eigenvalue weighted by Crippen LogP contribution is -2.32. The van der Waals surface area contributed by atoms with Crippen molar-refractivity contribution in [1.29, 1.82) is 0 Å². The van der Waals surface area contributed by atoms with Gasteiger partial charge in [-0.3, -0.25) is 32.5 Å². The monoisotopic (exact) mass is 654 g/mol. The number of H-pyrrole nitrogens is 1. The zero-order valence-corrected chi connectivity index (χ0v) is 25.0. The second-order valence-corrected chi connectivity index (χ2v) is 14.1. The second kappa shape index (κ2) is 10.6. The predicted octanol–water partition coefficient (Wildman–Crippen LogP) is 0.685. The molecule has 7 rings (SSSR count). The Kier molecular flexibility index (Phi) is 7.11. The van der Waals surface area contributed by atoms with E-state index >= 15 is 0 Å². The van der Waals surface area contributed by atoms with Crippen LogP contribution in [0, 0.1) is 5.92 Å². The fourth-order valence-electron chi connectivity index (χ4n) is 5.69. The van der Waals surface area contributed by atoms with Crippen LogP contribution in [0.5, 0.6) is 0 Å². The number of imidazole rings is 2. The van der Waals surface area contributed by atoms with E-state index in [-0.39, 0.29) is 36.0 Å². The molecule has 2 unspecified atom stereocenters. The van der Waals surface area contributed by atoms with Crippen molar-refractivity contribution in [3.8, 4) is 0 Å². The Balaban J connectivity index is 1.19. The van der Waals surface area contributed by atoms with Gasteiger partial charge in [0.1, 0.15) is 36.4 Å². The van der Waals surface area contributed by atoms with Gasteiger partial charge in [-0.05, 0) is 0 Å². The van der Waals surface area contributed by atoms with Crippen LogP contribution in [0.15, 0.2) is 23.8 Å². The number of nitrogens with two attached hydrogens (primary N) is 2. The summed E-state index contributed by atoms with van der Waals surface area (Å²) in [4.78, 5) is 46.1. The number of hydrogen-bond donors (Lipinski definition) is 4. The van der Waals surface area contributed by atoms with E-state index in [0.717, 1.165) is 0 Å². The number of aromatic nitrogens is 8. The van der Waals surface area contributed by atoms with Crippen LogP contribution in [0.3, 0.4) is 0 Å². The van der Waals surface area contributed by atoms with Gasteiger partial charge in [0, 0.05) is 19.0 Å². The summed E-state index contributed by atoms with van der Waals surface area (Å²) in [5.41, 5.74) is 11.9. The first-order valence-corrected chi connectivity index (χ1v) is 16.9. The molecule has 9 atom stereocenters. The van der Waals surface area contributed by atoms with E-state index in [1.165, 1.54) is 30.2 Å². The van der Waals surface area contributed by atoms with Crippen molar-refractivity contribution in [2.75, 3.05) is 31.3 Å². The summed E-state index contributed by atoms with van der Waals surface area (Å²) in [6.07, 6.45) is -1.59. The molecular formula is C22H28N10O10P2. The SMILES string of the molecule is C[C@H]1[C@@H]2OP(C)(=O)OC[C@@H]3C[C@@H](OP(=O)(O)OC[C@H]2O[C@H]1n1cnc2c(N)ncnc21)[C@H](n1cnc2c(=O)[nH]c(N)nc21)O3. The number of anilines is 2. The highest BCUT2D eigenvalue weighted by molar-refractivity contribution is 7.53. The average molecular weight is 654 g/mol. The van der Waals surface area contributed by atoms with Crippen LogP contribution < -0.4 is 17.0 Å². The third-order valence-electron chi connectivity index (χ3n) is 7.66. The van der Waals surface area contributed by atoms with Gasteiger partial charge in [0.2, 0.25) is 5.95 Å². The maximum absolute atomic E-state index is 13.6. The lowest BCUT2D eigenvalue weighted by Gasteiger charge is -2.27. The minimum Gasteiger partial charge on any atom is -0.382 e. The third kappa shape index (κ3) is 5.21. The first kappa shape index (κ1) is 29.4. The van der Waals surface area contributed by atoms with Crippen molar-refractivity contribution in [1.82, 2.24) is 39.0 Å². The molecule has 6 N–H and O–H groups in total. The molecular weight excluding hydrogens is 626 g/mol. The molecule has 3 fully saturated rings. The highest BCUT2D eigenvalue weighted by Crippen LogP contribution is 2.54. The van der Waals surface area contributed by atoms with Crippen molar-refractivity contribution in [3.63, 3.8) is 0 Å². The standard InChI is InChI=1S/C22H28N10O10P2/c1-9-15-12(40-20(9)31-7-27-13-16(23)25-6-26-17(13)31)5-38-44(35,36)41-11-3-10(4-37-43(2,34)42-15)39-21(11)32-8-28-14-18(32)29-22(24)30-19(14)33/h6-12,15,20-21H,3-5H2,1-2H3,(H,35,36)(H2,23,25,26)(H3,24,29,30,33)/t9-,10-,11+,12+,15-,20+,21+,43?/m0/s1. The number of nitrogens with zero attached hydrogens (tertiary/aromatic N) is 7. The fraction of sp³-hybridized carbons (Fsp3) is 0.545. The normalized spacial score (nSPS) is 36.6. The first-order chi connectivity index (χ1) is 20.9. The number of phosphoric ester groups is 1. The Bertz CT molecular complexity index is 1900. The first-order valence-electron chi connectivity index (χ1n) is 13.4. The van der Waals surface area contributed by atoms with Crippen molar-refractivity contribution in [3.05, 3.63) is 29.3 Å². The largest absolute Gasteiger partial charge is 0.472 e. The fourth-order valence-corrected chi connectivity index (χ4v) is 7.88. The molecule has 3 aliphatic heterocycles. The van der Waals surface area contributed by atoms with Crippen LogP contribution in [0.25, 0.3) is 22.3 Å². The van der Waals surface area contributed by atoms with Gasteiger partial charge in [-0.2, -0.15) is 4.98 Å². The van der Waals surface area contributed by atoms with Gasteiger partial charge in [-0.15, -0.1) is 0 Å². The van der Waals surface area contributed by atoms with Crippen LogP contribution in [0.1, 0.15) is 25.8 Å². The summed E-state index contributed by atoms with van der Waals surface area (Å²) in [7, 11) is -8.54. The molecule has 3 aliphatic rings. The Morgan fingerprint density at radius 1 is 0.955 bits per heavy atom. The lowest BCUT2D eigenvalue weighted by molar-refractivity contribution is -0.0634. The Morgan fingerprint density at radius 2 is 1.70 bits per heavy atom. The molecule has 4 aromatic heterocycles. The van der Waals surface area contributed by atoms with E-state index < -0.39 is 70.4 Å². The van der Waals surface area contributed by atoms with Crippen LogP contribution in [-0.4, -0.2) is 88.2 Å². The number of ether oxygens (including phenoxy) is 2. The summed E-state index contributed by atoms with van der Waals surface area (Å²) in [5.74, 6) is -0.482. The van der Waals surface area contributed by atoms with E-state index in [0.29, 0.717) is 11.2 Å². The van der Waals surface area contributed by atoms with Gasteiger partial charge in [-0.25, -0.2) is 24.5 Å². The van der Waals surface area contributed by atoms with Crippen LogP contribution >= 0.6 is 15.4 Å². The van der Waals surface area contributed by atoms with E-state index in [4.69, 9.17) is 39.0 Å². The molecule has 22 heteroatoms. The molecule has 2 bridgehead atoms. The van der Waals surface area contributed by atoms with Gasteiger partial charge in [-0.1, -0.05) is 6.92 Å². The quantitative estimate of drug-likeness (QED) is 0.216. The van der Waals surface area contributed by atoms with Gasteiger partial charge < -0.3 is 34.9 Å². The maximum atomic E-state index is 13.6. The number of hydrogen-bond acceptors (Lipinski definition) is 16.